The van der Waals surface area contributed by atoms with Crippen LogP contribution in [-0.4, -0.2) is 39.3 Å². The Morgan fingerprint density at radius 1 is 1.19 bits per heavy atom. The second kappa shape index (κ2) is 11.4. The fourth-order valence-electron chi connectivity index (χ4n) is 3.09. The van der Waals surface area contributed by atoms with Crippen LogP contribution in [-0.2, 0) is 21.0 Å². The first-order valence-electron chi connectivity index (χ1n) is 10.2. The Morgan fingerprint density at radius 3 is 2.49 bits per heavy atom. The highest BCUT2D eigenvalue weighted by Crippen LogP contribution is 2.38. The number of benzene rings is 3. The topological polar surface area (TPSA) is 108 Å². The van der Waals surface area contributed by atoms with Gasteiger partial charge < -0.3 is 9.84 Å². The molecule has 0 spiro atoms. The van der Waals surface area contributed by atoms with Gasteiger partial charge in [0.25, 0.3) is 15.9 Å². The highest BCUT2D eigenvalue weighted by atomic mass is 79.9. The summed E-state index contributed by atoms with van der Waals surface area (Å²) >= 11 is 8.82. The third-order valence-corrected chi connectivity index (χ3v) is 7.56. The van der Waals surface area contributed by atoms with E-state index in [1.54, 1.807) is 6.07 Å². The number of phenols is 1. The molecule has 0 saturated carbocycles. The van der Waals surface area contributed by atoms with Gasteiger partial charge in [0.05, 0.1) is 39.0 Å². The number of hydrazone groups is 1. The molecule has 0 unspecified atom stereocenters. The Labute approximate surface area is 223 Å². The highest BCUT2D eigenvalue weighted by Gasteiger charge is 2.35. The van der Waals surface area contributed by atoms with Gasteiger partial charge >= 0.3 is 6.18 Å². The monoisotopic (exact) mass is 619 g/mol. The minimum absolute atomic E-state index is 0.130. The van der Waals surface area contributed by atoms with E-state index < -0.39 is 44.9 Å². The van der Waals surface area contributed by atoms with Gasteiger partial charge in [0.15, 0.2) is 11.5 Å². The maximum absolute atomic E-state index is 13.4. The predicted molar refractivity (Wildman–Crippen MR) is 136 cm³/mol. The van der Waals surface area contributed by atoms with Crippen molar-refractivity contribution in [3.8, 4) is 11.5 Å². The van der Waals surface area contributed by atoms with E-state index in [-0.39, 0.29) is 16.4 Å². The number of hydrogen-bond acceptors (Lipinski definition) is 6. The van der Waals surface area contributed by atoms with E-state index in [0.717, 1.165) is 12.1 Å². The van der Waals surface area contributed by atoms with E-state index in [9.17, 15) is 31.5 Å². The lowest BCUT2D eigenvalue weighted by Gasteiger charge is -2.24. The van der Waals surface area contributed by atoms with Crippen LogP contribution in [0.1, 0.15) is 11.1 Å². The van der Waals surface area contributed by atoms with E-state index in [1.807, 2.05) is 0 Å². The molecule has 0 aliphatic carbocycles. The molecule has 2 N–H and O–H groups in total. The van der Waals surface area contributed by atoms with Crippen LogP contribution in [0.15, 0.2) is 75.1 Å². The molecule has 3 aromatic carbocycles. The van der Waals surface area contributed by atoms with E-state index in [1.165, 1.54) is 49.7 Å². The van der Waals surface area contributed by atoms with Crippen LogP contribution >= 0.6 is 27.5 Å². The molecule has 0 atom stereocenters. The normalized spacial score (nSPS) is 11.9. The zero-order valence-electron chi connectivity index (χ0n) is 18.8. The number of alkyl halides is 3. The molecule has 3 aromatic rings. The van der Waals surface area contributed by atoms with Gasteiger partial charge in [-0.05, 0) is 64.0 Å². The molecule has 0 saturated heterocycles. The Hall–Kier alpha value is -3.29. The van der Waals surface area contributed by atoms with Crippen molar-refractivity contribution in [2.45, 2.75) is 11.1 Å². The van der Waals surface area contributed by atoms with E-state index in [4.69, 9.17) is 16.3 Å². The average Bonchev–Trinajstić information content (AvgIpc) is 2.84. The number of ether oxygens (including phenoxy) is 1. The Kier molecular flexibility index (Phi) is 8.72. The van der Waals surface area contributed by atoms with Gasteiger partial charge in [0.2, 0.25) is 0 Å². The average molecular weight is 621 g/mol. The second-order valence-corrected chi connectivity index (χ2v) is 10.5. The number of hydrogen-bond donors (Lipinski definition) is 2. The molecule has 8 nitrogen and oxygen atoms in total. The molecule has 0 heterocycles. The van der Waals surface area contributed by atoms with Crippen molar-refractivity contribution in [3.63, 3.8) is 0 Å². The Balaban J connectivity index is 1.93. The largest absolute Gasteiger partial charge is 0.503 e. The fraction of sp³-hybridized carbons (Fsp3) is 0.130. The van der Waals surface area contributed by atoms with E-state index in [2.05, 4.69) is 26.5 Å². The predicted octanol–water partition coefficient (Wildman–Crippen LogP) is 5.18. The van der Waals surface area contributed by atoms with Crippen molar-refractivity contribution in [3.05, 3.63) is 81.3 Å². The molecular weight excluding hydrogens is 603 g/mol. The summed E-state index contributed by atoms with van der Waals surface area (Å²) in [4.78, 5) is 12.4. The Morgan fingerprint density at radius 2 is 1.86 bits per heavy atom. The molecule has 0 bridgehead atoms. The number of nitrogens with zero attached hydrogens (tertiary/aromatic N) is 2. The number of anilines is 1. The zero-order chi connectivity index (χ0) is 27.4. The summed E-state index contributed by atoms with van der Waals surface area (Å²) in [5, 5.41) is 13.0. The molecule has 3 rings (SSSR count). The number of nitrogens with one attached hydrogen (secondary N) is 1. The van der Waals surface area contributed by atoms with Gasteiger partial charge in [0.1, 0.15) is 6.54 Å². The molecule has 0 aromatic heterocycles. The molecule has 0 aliphatic rings. The summed E-state index contributed by atoms with van der Waals surface area (Å²) in [6.45, 7) is -0.893. The highest BCUT2D eigenvalue weighted by molar-refractivity contribution is 9.10. The van der Waals surface area contributed by atoms with Gasteiger partial charge in [-0.15, -0.1) is 0 Å². The first kappa shape index (κ1) is 28.3. The Bertz CT molecular complexity index is 1440. The van der Waals surface area contributed by atoms with Crippen molar-refractivity contribution in [1.82, 2.24) is 5.43 Å². The summed E-state index contributed by atoms with van der Waals surface area (Å²) in [5.41, 5.74) is 0.863. The quantitative estimate of drug-likeness (QED) is 0.267. The fourth-order valence-corrected chi connectivity index (χ4v) is 5.21. The van der Waals surface area contributed by atoms with Crippen molar-refractivity contribution >= 4 is 55.4 Å². The van der Waals surface area contributed by atoms with Crippen molar-refractivity contribution in [1.29, 1.82) is 0 Å². The first-order valence-corrected chi connectivity index (χ1v) is 12.8. The van der Waals surface area contributed by atoms with Crippen LogP contribution in [0, 0.1) is 0 Å². The van der Waals surface area contributed by atoms with E-state index >= 15 is 0 Å². The van der Waals surface area contributed by atoms with Crippen LogP contribution in [0.3, 0.4) is 0 Å². The molecule has 37 heavy (non-hydrogen) atoms. The minimum atomic E-state index is -4.86. The van der Waals surface area contributed by atoms with Crippen molar-refractivity contribution in [2.75, 3.05) is 18.0 Å². The van der Waals surface area contributed by atoms with Gasteiger partial charge in [-0.1, -0.05) is 29.8 Å². The molecule has 1 amide bonds. The molecule has 196 valence electrons. The molecular formula is C23H18BrClF3N3O5S. The van der Waals surface area contributed by atoms with Crippen LogP contribution in [0.5, 0.6) is 11.5 Å². The molecule has 0 fully saturated rings. The standard InChI is InChI=1S/C23H18BrClF3N3O5S/c1-36-20-10-14(9-18(24)22(20)33)12-29-30-21(32)13-31(37(34,35)16-5-3-2-4-6-16)15-7-8-19(25)17(11-15)23(26,27)28/h2-12,33H,13H2,1H3,(H,30,32)/b29-12-. The molecule has 14 heteroatoms. The van der Waals surface area contributed by atoms with Crippen LogP contribution in [0.4, 0.5) is 18.9 Å². The first-order chi connectivity index (χ1) is 17.3. The number of rotatable bonds is 8. The lowest BCUT2D eigenvalue weighted by atomic mass is 10.2. The SMILES string of the molecule is COc1cc(/C=N\NC(=O)CN(c2ccc(Cl)c(C(F)(F)F)c2)S(=O)(=O)c2ccccc2)cc(Br)c1O. The number of halogens is 5. The summed E-state index contributed by atoms with van der Waals surface area (Å²) in [6, 6.07) is 12.3. The maximum Gasteiger partial charge on any atom is 0.417 e. The van der Waals surface area contributed by atoms with Gasteiger partial charge in [-0.3, -0.25) is 9.10 Å². The smallest absolute Gasteiger partial charge is 0.417 e. The van der Waals surface area contributed by atoms with Gasteiger partial charge in [-0.2, -0.15) is 18.3 Å². The zero-order valence-corrected chi connectivity index (χ0v) is 22.0. The number of phenolic OH excluding ortho intramolecular Hbond substituents is 1. The maximum atomic E-state index is 13.4. The van der Waals surface area contributed by atoms with Gasteiger partial charge in [0, 0.05) is 0 Å². The number of methoxy groups -OCH3 is 1. The summed E-state index contributed by atoms with van der Waals surface area (Å²) in [7, 11) is -3.12. The third-order valence-electron chi connectivity index (χ3n) is 4.84. The van der Waals surface area contributed by atoms with Crippen LogP contribution in [0.25, 0.3) is 0 Å². The number of sulfonamides is 1. The van der Waals surface area contributed by atoms with E-state index in [0.29, 0.717) is 20.4 Å². The summed E-state index contributed by atoms with van der Waals surface area (Å²) in [5.74, 6) is -0.957. The lowest BCUT2D eigenvalue weighted by molar-refractivity contribution is -0.137. The second-order valence-electron chi connectivity index (χ2n) is 7.33. The minimum Gasteiger partial charge on any atom is -0.503 e. The van der Waals surface area contributed by atoms with Crippen LogP contribution in [0.2, 0.25) is 5.02 Å². The number of carbonyl (C=O) groups is 1. The van der Waals surface area contributed by atoms with Crippen molar-refractivity contribution < 1.29 is 36.2 Å². The summed E-state index contributed by atoms with van der Waals surface area (Å²) < 4.78 is 72.7. The number of carbonyl (C=O) groups excluding carboxylic acids is 1. The van der Waals surface area contributed by atoms with Gasteiger partial charge in [-0.25, -0.2) is 13.8 Å². The third kappa shape index (κ3) is 6.73. The molecule has 0 aliphatic heterocycles. The number of amides is 1. The van der Waals surface area contributed by atoms with Crippen LogP contribution < -0.4 is 14.5 Å². The number of aromatic hydroxyl groups is 1. The summed E-state index contributed by atoms with van der Waals surface area (Å²) in [6.07, 6.45) is -3.66. The lowest BCUT2D eigenvalue weighted by Crippen LogP contribution is -2.39. The van der Waals surface area contributed by atoms with Crippen molar-refractivity contribution in [2.24, 2.45) is 5.10 Å². The molecule has 0 radical (unpaired) electrons.